The Balaban J connectivity index is 2.41. The fourth-order valence-corrected chi connectivity index (χ4v) is 3.63. The molecule has 0 aromatic carbocycles. The predicted molar refractivity (Wildman–Crippen MR) is 77.7 cm³/mol. The number of nitrogens with one attached hydrogen (secondary N) is 1. The molecule has 0 amide bonds. The van der Waals surface area contributed by atoms with Crippen molar-refractivity contribution >= 4 is 23.4 Å². The van der Waals surface area contributed by atoms with Gasteiger partial charge in [-0.1, -0.05) is 0 Å². The van der Waals surface area contributed by atoms with Gasteiger partial charge in [-0.2, -0.15) is 16.9 Å². The summed E-state index contributed by atoms with van der Waals surface area (Å²) in [4.78, 5) is 2.30. The molecule has 6 heteroatoms. The van der Waals surface area contributed by atoms with E-state index in [1.807, 2.05) is 30.4 Å². The van der Waals surface area contributed by atoms with Crippen LogP contribution in [0.5, 0.6) is 0 Å². The second-order valence-corrected chi connectivity index (χ2v) is 7.15. The summed E-state index contributed by atoms with van der Waals surface area (Å²) in [5.74, 6) is 2.18. The minimum Gasteiger partial charge on any atom is -0.384 e. The van der Waals surface area contributed by atoms with Crippen molar-refractivity contribution in [1.82, 2.24) is 9.78 Å². The number of amidine groups is 1. The van der Waals surface area contributed by atoms with Crippen molar-refractivity contribution in [3.8, 4) is 0 Å². The standard InChI is InChI=1S/C12H21N5S/c1-8-9(10(13)14)11(16(4)15-8)17-5-6-18-12(2,3)7-17/h5-7H2,1-4H3,(H3,13,14). The van der Waals surface area contributed by atoms with Crippen LogP contribution in [0.15, 0.2) is 0 Å². The molecule has 0 atom stereocenters. The predicted octanol–water partition coefficient (Wildman–Crippen LogP) is 1.34. The van der Waals surface area contributed by atoms with Gasteiger partial charge in [-0.15, -0.1) is 0 Å². The number of nitrogen functional groups attached to an aromatic ring is 1. The molecule has 100 valence electrons. The minimum atomic E-state index is 0.103. The average Bonchev–Trinajstić information content (AvgIpc) is 2.51. The van der Waals surface area contributed by atoms with E-state index < -0.39 is 0 Å². The molecular weight excluding hydrogens is 246 g/mol. The molecule has 1 aromatic heterocycles. The Kier molecular flexibility index (Phi) is 3.31. The lowest BCUT2D eigenvalue weighted by molar-refractivity contribution is 0.621. The van der Waals surface area contributed by atoms with E-state index in [-0.39, 0.29) is 10.6 Å². The largest absolute Gasteiger partial charge is 0.384 e. The van der Waals surface area contributed by atoms with Gasteiger partial charge >= 0.3 is 0 Å². The zero-order chi connectivity index (χ0) is 13.5. The highest BCUT2D eigenvalue weighted by Crippen LogP contribution is 2.33. The first kappa shape index (κ1) is 13.3. The van der Waals surface area contributed by atoms with Crippen molar-refractivity contribution in [3.05, 3.63) is 11.3 Å². The van der Waals surface area contributed by atoms with Crippen molar-refractivity contribution in [2.45, 2.75) is 25.5 Å². The molecule has 1 aromatic rings. The van der Waals surface area contributed by atoms with E-state index >= 15 is 0 Å². The summed E-state index contributed by atoms with van der Waals surface area (Å²) in [6.07, 6.45) is 0. The molecule has 0 unspecified atom stereocenters. The maximum atomic E-state index is 7.74. The number of thioether (sulfide) groups is 1. The number of hydrogen-bond donors (Lipinski definition) is 2. The van der Waals surface area contributed by atoms with Gasteiger partial charge in [-0.3, -0.25) is 10.1 Å². The van der Waals surface area contributed by atoms with E-state index in [0.29, 0.717) is 0 Å². The molecule has 0 spiro atoms. The third kappa shape index (κ3) is 2.34. The summed E-state index contributed by atoms with van der Waals surface area (Å²) in [5, 5.41) is 12.1. The van der Waals surface area contributed by atoms with Crippen LogP contribution in [0.3, 0.4) is 0 Å². The molecule has 0 radical (unpaired) electrons. The smallest absolute Gasteiger partial charge is 0.137 e. The number of nitrogens with two attached hydrogens (primary N) is 1. The molecule has 1 fully saturated rings. The Bertz CT molecular complexity index is 477. The van der Waals surface area contributed by atoms with Crippen molar-refractivity contribution < 1.29 is 0 Å². The van der Waals surface area contributed by atoms with Gasteiger partial charge in [0.05, 0.1) is 11.3 Å². The topological polar surface area (TPSA) is 70.9 Å². The van der Waals surface area contributed by atoms with E-state index in [2.05, 4.69) is 23.8 Å². The maximum Gasteiger partial charge on any atom is 0.137 e. The summed E-state index contributed by atoms with van der Waals surface area (Å²) in [5.41, 5.74) is 7.31. The lowest BCUT2D eigenvalue weighted by Crippen LogP contribution is -2.44. The molecule has 5 nitrogen and oxygen atoms in total. The van der Waals surface area contributed by atoms with Crippen LogP contribution in [-0.2, 0) is 7.05 Å². The first-order valence-electron chi connectivity index (χ1n) is 6.09. The van der Waals surface area contributed by atoms with E-state index in [4.69, 9.17) is 11.1 Å². The van der Waals surface area contributed by atoms with E-state index in [1.165, 1.54) is 0 Å². The first-order valence-corrected chi connectivity index (χ1v) is 7.07. The van der Waals surface area contributed by atoms with Gasteiger partial charge < -0.3 is 10.6 Å². The second kappa shape index (κ2) is 4.50. The van der Waals surface area contributed by atoms with E-state index in [9.17, 15) is 0 Å². The molecule has 0 bridgehead atoms. The molecule has 1 aliphatic heterocycles. The summed E-state index contributed by atoms with van der Waals surface area (Å²) in [6.45, 7) is 8.34. The molecular formula is C12H21N5S. The van der Waals surface area contributed by atoms with Crippen molar-refractivity contribution in [2.75, 3.05) is 23.7 Å². The lowest BCUT2D eigenvalue weighted by atomic mass is 10.1. The number of hydrogen-bond acceptors (Lipinski definition) is 4. The summed E-state index contributed by atoms with van der Waals surface area (Å²) >= 11 is 1.99. The monoisotopic (exact) mass is 267 g/mol. The van der Waals surface area contributed by atoms with Gasteiger partial charge in [-0.05, 0) is 20.8 Å². The summed E-state index contributed by atoms with van der Waals surface area (Å²) in [7, 11) is 1.92. The molecule has 0 saturated carbocycles. The van der Waals surface area contributed by atoms with Gasteiger partial charge in [0.2, 0.25) is 0 Å². The highest BCUT2D eigenvalue weighted by atomic mass is 32.2. The zero-order valence-corrected chi connectivity index (χ0v) is 12.3. The van der Waals surface area contributed by atoms with Crippen LogP contribution in [0.2, 0.25) is 0 Å². The van der Waals surface area contributed by atoms with Crippen molar-refractivity contribution in [1.29, 1.82) is 5.41 Å². The third-order valence-electron chi connectivity index (χ3n) is 3.19. The van der Waals surface area contributed by atoms with Gasteiger partial charge in [0, 0.05) is 30.6 Å². The number of aromatic nitrogens is 2. The highest BCUT2D eigenvalue weighted by Gasteiger charge is 2.31. The zero-order valence-electron chi connectivity index (χ0n) is 11.4. The maximum absolute atomic E-state index is 7.74. The van der Waals surface area contributed by atoms with Crippen LogP contribution >= 0.6 is 11.8 Å². The lowest BCUT2D eigenvalue weighted by Gasteiger charge is -2.39. The van der Waals surface area contributed by atoms with Crippen LogP contribution in [0.4, 0.5) is 5.82 Å². The fourth-order valence-electron chi connectivity index (χ4n) is 2.52. The number of aryl methyl sites for hydroxylation is 2. The number of rotatable bonds is 2. The Morgan fingerprint density at radius 3 is 2.72 bits per heavy atom. The van der Waals surface area contributed by atoms with Crippen molar-refractivity contribution in [2.24, 2.45) is 12.8 Å². The molecule has 0 aliphatic carbocycles. The molecule has 1 aliphatic rings. The van der Waals surface area contributed by atoms with Gasteiger partial charge in [0.25, 0.3) is 0 Å². The molecule has 3 N–H and O–H groups in total. The van der Waals surface area contributed by atoms with E-state index in [1.54, 1.807) is 0 Å². The van der Waals surface area contributed by atoms with Gasteiger partial charge in [0.15, 0.2) is 0 Å². The SMILES string of the molecule is Cc1nn(C)c(N2CCSC(C)(C)C2)c1C(=N)N. The Hall–Kier alpha value is -1.17. The normalized spacial score (nSPS) is 19.0. The number of nitrogens with zero attached hydrogens (tertiary/aromatic N) is 3. The highest BCUT2D eigenvalue weighted by molar-refractivity contribution is 8.00. The van der Waals surface area contributed by atoms with Crippen LogP contribution in [0.1, 0.15) is 25.1 Å². The summed E-state index contributed by atoms with van der Waals surface area (Å²) < 4.78 is 2.07. The minimum absolute atomic E-state index is 0.103. The Labute approximate surface area is 112 Å². The Morgan fingerprint density at radius 1 is 1.50 bits per heavy atom. The quantitative estimate of drug-likeness (QED) is 0.627. The number of anilines is 1. The van der Waals surface area contributed by atoms with Crippen LogP contribution in [0, 0.1) is 12.3 Å². The molecule has 2 heterocycles. The first-order chi connectivity index (χ1) is 8.32. The summed E-state index contributed by atoms with van der Waals surface area (Å²) in [6, 6.07) is 0. The van der Waals surface area contributed by atoms with Crippen LogP contribution in [-0.4, -0.2) is 39.2 Å². The van der Waals surface area contributed by atoms with E-state index in [0.717, 1.165) is 35.9 Å². The van der Waals surface area contributed by atoms with Crippen molar-refractivity contribution in [3.63, 3.8) is 0 Å². The Morgan fingerprint density at radius 2 is 2.17 bits per heavy atom. The second-order valence-electron chi connectivity index (χ2n) is 5.35. The molecule has 18 heavy (non-hydrogen) atoms. The fraction of sp³-hybridized carbons (Fsp3) is 0.667. The van der Waals surface area contributed by atoms with Gasteiger partial charge in [-0.25, -0.2) is 0 Å². The third-order valence-corrected chi connectivity index (χ3v) is 4.48. The van der Waals surface area contributed by atoms with Crippen LogP contribution < -0.4 is 10.6 Å². The average molecular weight is 267 g/mol. The molecule has 1 saturated heterocycles. The van der Waals surface area contributed by atoms with Gasteiger partial charge in [0.1, 0.15) is 11.7 Å². The van der Waals surface area contributed by atoms with Crippen LogP contribution in [0.25, 0.3) is 0 Å². The molecule has 2 rings (SSSR count).